The first-order valence-corrected chi connectivity index (χ1v) is 21.5. The number of alkyl halides is 4. The van der Waals surface area contributed by atoms with E-state index in [4.69, 9.17) is 16.6 Å². The fourth-order valence-corrected chi connectivity index (χ4v) is 9.33. The van der Waals surface area contributed by atoms with Gasteiger partial charge in [0.25, 0.3) is 17.9 Å². The van der Waals surface area contributed by atoms with Gasteiger partial charge in [-0.2, -0.15) is 19.0 Å². The number of hydrogen-bond acceptors (Lipinski definition) is 8. The number of fused-ring (bicyclic) bond motifs is 5. The average Bonchev–Trinajstić information content (AvgIpc) is 3.75. The van der Waals surface area contributed by atoms with Gasteiger partial charge in [0.2, 0.25) is 15.9 Å². The third-order valence-corrected chi connectivity index (χ3v) is 12.1. The van der Waals surface area contributed by atoms with Crippen molar-refractivity contribution in [3.05, 3.63) is 134 Å². The molecule has 2 aliphatic rings. The standard InChI is InChI=1S/C42H31ClF6N8O6S/c1-55-35-30(9-8-27(43)33(35)38(53-55)54-64(2,62)63)57-39(51-28-14-20(6-7-24(28)40(57)59)19-4-3-5-21(13-19)41(60)61)29(12-18-10-22(44)15-23(45)11-18)50-31(58)17-56-36-32(34(52-56)37(46)47)25-16-26(25)42(36,48)49/h3-11,13-15,25-26,29,37H,12,16-17H2,1-2H3,(H,50,58)(H,53,54)(H,60,61)/t25-,26+,29-/m0/s1. The molecule has 7 aromatic rings. The molecule has 22 heteroatoms. The Labute approximate surface area is 362 Å². The van der Waals surface area contributed by atoms with Crippen LogP contribution in [0.4, 0.5) is 32.2 Å². The predicted octanol–water partition coefficient (Wildman–Crippen LogP) is 7.38. The third-order valence-electron chi connectivity index (χ3n) is 11.2. The monoisotopic (exact) mass is 924 g/mol. The number of hydrogen-bond donors (Lipinski definition) is 3. The van der Waals surface area contributed by atoms with Gasteiger partial charge in [0, 0.05) is 31.0 Å². The molecule has 0 aliphatic heterocycles. The van der Waals surface area contributed by atoms with Crippen LogP contribution >= 0.6 is 11.6 Å². The molecule has 0 radical (unpaired) electrons. The van der Waals surface area contributed by atoms with Crippen LogP contribution in [0.15, 0.2) is 77.6 Å². The minimum Gasteiger partial charge on any atom is -0.478 e. The highest BCUT2D eigenvalue weighted by atomic mass is 35.5. The number of carboxylic acid groups (broad SMARTS) is 1. The van der Waals surface area contributed by atoms with Gasteiger partial charge in [-0.05, 0) is 77.6 Å². The molecule has 3 aromatic heterocycles. The van der Waals surface area contributed by atoms with E-state index in [0.29, 0.717) is 21.9 Å². The zero-order chi connectivity index (χ0) is 45.7. The predicted molar refractivity (Wildman–Crippen MR) is 220 cm³/mol. The van der Waals surface area contributed by atoms with E-state index in [2.05, 4.69) is 20.2 Å². The number of amides is 1. The van der Waals surface area contributed by atoms with Crippen molar-refractivity contribution in [2.45, 2.75) is 43.7 Å². The number of nitrogens with one attached hydrogen (secondary N) is 2. The lowest BCUT2D eigenvalue weighted by Gasteiger charge is -2.24. The lowest BCUT2D eigenvalue weighted by Crippen LogP contribution is -2.38. The van der Waals surface area contributed by atoms with Gasteiger partial charge in [-0.15, -0.1) is 0 Å². The number of aromatic nitrogens is 6. The molecule has 0 bridgehead atoms. The largest absolute Gasteiger partial charge is 0.478 e. The summed E-state index contributed by atoms with van der Waals surface area (Å²) in [5.41, 5.74) is -2.08. The number of carbonyl (C=O) groups excluding carboxylic acids is 1. The van der Waals surface area contributed by atoms with Gasteiger partial charge in [-0.25, -0.2) is 35.8 Å². The highest BCUT2D eigenvalue weighted by Gasteiger charge is 2.67. The summed E-state index contributed by atoms with van der Waals surface area (Å²) in [6.07, 6.45) is -2.89. The number of rotatable bonds is 12. The average molecular weight is 925 g/mol. The molecule has 9 rings (SSSR count). The second-order valence-electron chi connectivity index (χ2n) is 15.6. The Balaban J connectivity index is 1.26. The molecule has 14 nitrogen and oxygen atoms in total. The van der Waals surface area contributed by atoms with Crippen LogP contribution < -0.4 is 15.6 Å². The Kier molecular flexibility index (Phi) is 10.1. The second kappa shape index (κ2) is 15.2. The highest BCUT2D eigenvalue weighted by molar-refractivity contribution is 7.92. The molecule has 0 spiro atoms. The number of sulfonamides is 1. The summed E-state index contributed by atoms with van der Waals surface area (Å²) in [4.78, 5) is 45.8. The van der Waals surface area contributed by atoms with E-state index < -0.39 is 93.7 Å². The molecule has 0 saturated heterocycles. The minimum absolute atomic E-state index is 0.000899. The van der Waals surface area contributed by atoms with Crippen molar-refractivity contribution in [2.24, 2.45) is 13.0 Å². The van der Waals surface area contributed by atoms with Gasteiger partial charge in [-0.1, -0.05) is 29.8 Å². The van der Waals surface area contributed by atoms with Gasteiger partial charge in [0.15, 0.2) is 5.82 Å². The maximum absolute atomic E-state index is 15.5. The van der Waals surface area contributed by atoms with E-state index in [-0.39, 0.29) is 67.3 Å². The number of carbonyl (C=O) groups is 2. The molecule has 1 fully saturated rings. The number of aryl methyl sites for hydroxylation is 1. The molecule has 64 heavy (non-hydrogen) atoms. The van der Waals surface area contributed by atoms with Crippen molar-refractivity contribution in [1.29, 1.82) is 0 Å². The van der Waals surface area contributed by atoms with E-state index in [9.17, 15) is 40.7 Å². The van der Waals surface area contributed by atoms with Gasteiger partial charge < -0.3 is 10.4 Å². The lowest BCUT2D eigenvalue weighted by molar-refractivity contribution is -0.123. The number of nitrogens with zero attached hydrogens (tertiary/aromatic N) is 6. The van der Waals surface area contributed by atoms with Crippen LogP contribution in [0.5, 0.6) is 0 Å². The minimum atomic E-state index is -3.94. The van der Waals surface area contributed by atoms with Crippen LogP contribution in [0.3, 0.4) is 0 Å². The van der Waals surface area contributed by atoms with Crippen LogP contribution in [0, 0.1) is 17.6 Å². The Hall–Kier alpha value is -6.74. The normalized spacial score (nSPS) is 16.8. The van der Waals surface area contributed by atoms with E-state index in [1.54, 1.807) is 6.07 Å². The number of anilines is 1. The van der Waals surface area contributed by atoms with E-state index in [1.807, 2.05) is 0 Å². The molecule has 1 saturated carbocycles. The van der Waals surface area contributed by atoms with Crippen molar-refractivity contribution < 1.29 is 49.5 Å². The molecule has 330 valence electrons. The van der Waals surface area contributed by atoms with Crippen molar-refractivity contribution in [2.75, 3.05) is 11.0 Å². The molecule has 2 aliphatic carbocycles. The van der Waals surface area contributed by atoms with Crippen molar-refractivity contribution >= 4 is 61.1 Å². The molecule has 3 heterocycles. The summed E-state index contributed by atoms with van der Waals surface area (Å²) in [7, 11) is -2.51. The summed E-state index contributed by atoms with van der Waals surface area (Å²) in [6.45, 7) is -1.02. The van der Waals surface area contributed by atoms with E-state index in [1.165, 1.54) is 60.3 Å². The lowest BCUT2D eigenvalue weighted by atomic mass is 10.0. The van der Waals surface area contributed by atoms with E-state index in [0.717, 1.165) is 23.0 Å². The molecule has 0 unspecified atom stereocenters. The summed E-state index contributed by atoms with van der Waals surface area (Å²) < 4.78 is 119. The number of carboxylic acids is 1. The quantitative estimate of drug-likeness (QED) is 0.105. The topological polar surface area (TPSA) is 183 Å². The number of halogens is 7. The van der Waals surface area contributed by atoms with Crippen LogP contribution in [0.2, 0.25) is 5.02 Å². The van der Waals surface area contributed by atoms with E-state index >= 15 is 13.6 Å². The van der Waals surface area contributed by atoms with Gasteiger partial charge in [0.05, 0.1) is 50.4 Å². The molecule has 4 aromatic carbocycles. The van der Waals surface area contributed by atoms with Crippen molar-refractivity contribution in [1.82, 2.24) is 34.4 Å². The van der Waals surface area contributed by atoms with Crippen LogP contribution in [0.1, 0.15) is 63.5 Å². The number of benzene rings is 4. The smallest absolute Gasteiger partial charge is 0.335 e. The summed E-state index contributed by atoms with van der Waals surface area (Å²) in [5.74, 6) is -10.5. The molecule has 1 amide bonds. The summed E-state index contributed by atoms with van der Waals surface area (Å²) in [6, 6.07) is 14.0. The number of aromatic carboxylic acids is 1. The van der Waals surface area contributed by atoms with Gasteiger partial charge in [-0.3, -0.25) is 28.2 Å². The van der Waals surface area contributed by atoms with Gasteiger partial charge >= 0.3 is 5.97 Å². The molecule has 3 N–H and O–H groups in total. The Morgan fingerprint density at radius 2 is 1.72 bits per heavy atom. The maximum atomic E-state index is 15.5. The van der Waals surface area contributed by atoms with Crippen LogP contribution in [-0.4, -0.2) is 60.8 Å². The summed E-state index contributed by atoms with van der Waals surface area (Å²) >= 11 is 6.62. The SMILES string of the molecule is Cn1nc(NS(C)(=O)=O)c2c(Cl)ccc(-n3c([C@H](Cc4cc(F)cc(F)c4)NC(=O)Cn4nc(C(F)F)c5c4C(F)(F)[C@@H]4C[C@H]54)nc4cc(-c5cccc(C(=O)O)c5)ccc4c3=O)c21. The third kappa shape index (κ3) is 7.40. The fourth-order valence-electron chi connectivity index (χ4n) is 8.59. The first kappa shape index (κ1) is 42.6. The molecular weight excluding hydrogens is 894 g/mol. The maximum Gasteiger partial charge on any atom is 0.335 e. The second-order valence-corrected chi connectivity index (χ2v) is 17.8. The zero-order valence-corrected chi connectivity index (χ0v) is 34.7. The zero-order valence-electron chi connectivity index (χ0n) is 33.1. The summed E-state index contributed by atoms with van der Waals surface area (Å²) in [5, 5.41) is 20.3. The van der Waals surface area contributed by atoms with Crippen molar-refractivity contribution in [3.63, 3.8) is 0 Å². The van der Waals surface area contributed by atoms with Gasteiger partial charge in [0.1, 0.15) is 35.4 Å². The Morgan fingerprint density at radius 3 is 2.41 bits per heavy atom. The van der Waals surface area contributed by atoms with Crippen LogP contribution in [-0.2, 0) is 40.8 Å². The van der Waals surface area contributed by atoms with Crippen LogP contribution in [0.25, 0.3) is 38.6 Å². The molecule has 3 atom stereocenters. The Bertz CT molecular complexity index is 3300. The first-order valence-electron chi connectivity index (χ1n) is 19.2. The fraction of sp³-hybridized carbons (Fsp3) is 0.238. The Morgan fingerprint density at radius 1 is 1.00 bits per heavy atom. The van der Waals surface area contributed by atoms with Crippen molar-refractivity contribution in [3.8, 4) is 16.8 Å². The first-order chi connectivity index (χ1) is 30.2. The molecular formula is C42H31ClF6N8O6S. The highest BCUT2D eigenvalue weighted by Crippen LogP contribution is 2.68.